The molecule has 1 aliphatic carbocycles. The number of rotatable bonds is 8. The average Bonchev–Trinajstić information content (AvgIpc) is 3.38. The molecular weight excluding hydrogens is 330 g/mol. The number of nitrogens with zero attached hydrogens (tertiary/aromatic N) is 2. The first-order valence-corrected chi connectivity index (χ1v) is 9.62. The van der Waals surface area contributed by atoms with Crippen LogP contribution in [-0.2, 0) is 4.79 Å². The van der Waals surface area contributed by atoms with Gasteiger partial charge >= 0.3 is 0 Å². The molecule has 1 unspecified atom stereocenters. The number of amides is 2. The molecule has 1 atom stereocenters. The normalized spacial score (nSPS) is 19.7. The highest BCUT2D eigenvalue weighted by molar-refractivity contribution is 6.00. The molecule has 2 amide bonds. The van der Waals surface area contributed by atoms with E-state index in [0.717, 1.165) is 13.0 Å². The molecule has 1 aromatic carbocycles. The van der Waals surface area contributed by atoms with E-state index in [9.17, 15) is 9.59 Å². The zero-order valence-corrected chi connectivity index (χ0v) is 15.7. The minimum absolute atomic E-state index is 0.0473. The molecule has 6 nitrogen and oxygen atoms in total. The van der Waals surface area contributed by atoms with Crippen LogP contribution in [0.5, 0.6) is 5.75 Å². The number of likely N-dealkylation sites (N-methyl/N-ethyl adjacent to an activating group) is 1. The van der Waals surface area contributed by atoms with E-state index >= 15 is 0 Å². The summed E-state index contributed by atoms with van der Waals surface area (Å²) in [5.41, 5.74) is 0.530. The summed E-state index contributed by atoms with van der Waals surface area (Å²) >= 11 is 0. The molecule has 1 N–H and O–H groups in total. The Bertz CT molecular complexity index is 645. The van der Waals surface area contributed by atoms with Gasteiger partial charge in [0.05, 0.1) is 12.2 Å². The van der Waals surface area contributed by atoms with E-state index in [1.807, 2.05) is 19.1 Å². The predicted octanol–water partition coefficient (Wildman–Crippen LogP) is 1.90. The van der Waals surface area contributed by atoms with E-state index in [-0.39, 0.29) is 17.9 Å². The lowest BCUT2D eigenvalue weighted by atomic mass is 10.1. The van der Waals surface area contributed by atoms with Gasteiger partial charge in [-0.3, -0.25) is 9.59 Å². The molecule has 1 aromatic rings. The number of carbonyl (C=O) groups is 2. The predicted molar refractivity (Wildman–Crippen MR) is 100 cm³/mol. The first kappa shape index (κ1) is 18.7. The van der Waals surface area contributed by atoms with Crippen molar-refractivity contribution in [2.24, 2.45) is 0 Å². The quantitative estimate of drug-likeness (QED) is 0.770. The molecule has 26 heavy (non-hydrogen) atoms. The molecule has 3 rings (SSSR count). The second kappa shape index (κ2) is 8.54. The SMILES string of the molecule is CCOc1ccccc1C(=O)N1CCCC1C(=O)NCCN(C)C1CC1. The lowest BCUT2D eigenvalue weighted by Gasteiger charge is -2.25. The van der Waals surface area contributed by atoms with Gasteiger partial charge in [0, 0.05) is 25.7 Å². The Morgan fingerprint density at radius 2 is 2.04 bits per heavy atom. The van der Waals surface area contributed by atoms with Crippen LogP contribution >= 0.6 is 0 Å². The van der Waals surface area contributed by atoms with Crippen LogP contribution in [0.1, 0.15) is 43.0 Å². The Morgan fingerprint density at radius 1 is 1.27 bits per heavy atom. The maximum Gasteiger partial charge on any atom is 0.258 e. The summed E-state index contributed by atoms with van der Waals surface area (Å²) in [7, 11) is 2.10. The van der Waals surface area contributed by atoms with E-state index in [1.54, 1.807) is 17.0 Å². The largest absolute Gasteiger partial charge is 0.493 e. The van der Waals surface area contributed by atoms with Crippen molar-refractivity contribution in [3.8, 4) is 5.75 Å². The van der Waals surface area contributed by atoms with Gasteiger partial charge in [-0.15, -0.1) is 0 Å². The molecule has 1 aliphatic heterocycles. The number of nitrogens with one attached hydrogen (secondary N) is 1. The molecule has 2 fully saturated rings. The second-order valence-corrected chi connectivity index (χ2v) is 7.09. The third-order valence-corrected chi connectivity index (χ3v) is 5.17. The van der Waals surface area contributed by atoms with Gasteiger partial charge in [0.25, 0.3) is 5.91 Å². The van der Waals surface area contributed by atoms with Gasteiger partial charge < -0.3 is 19.9 Å². The van der Waals surface area contributed by atoms with Gasteiger partial charge in [-0.1, -0.05) is 12.1 Å². The van der Waals surface area contributed by atoms with E-state index in [0.29, 0.717) is 43.5 Å². The van der Waals surface area contributed by atoms with Crippen molar-refractivity contribution in [2.45, 2.75) is 44.7 Å². The van der Waals surface area contributed by atoms with Crippen LogP contribution in [0.15, 0.2) is 24.3 Å². The van der Waals surface area contributed by atoms with Crippen LogP contribution in [0.4, 0.5) is 0 Å². The van der Waals surface area contributed by atoms with E-state index in [4.69, 9.17) is 4.74 Å². The monoisotopic (exact) mass is 359 g/mol. The number of hydrogen-bond acceptors (Lipinski definition) is 4. The molecule has 6 heteroatoms. The Labute approximate surface area is 155 Å². The van der Waals surface area contributed by atoms with Gasteiger partial charge in [-0.25, -0.2) is 0 Å². The number of benzene rings is 1. The Morgan fingerprint density at radius 3 is 2.77 bits per heavy atom. The van der Waals surface area contributed by atoms with Crippen molar-refractivity contribution in [1.29, 1.82) is 0 Å². The van der Waals surface area contributed by atoms with Crippen LogP contribution in [0, 0.1) is 0 Å². The summed E-state index contributed by atoms with van der Waals surface area (Å²) in [6.07, 6.45) is 4.08. The standard InChI is InChI=1S/C20H29N3O3/c1-3-26-18-9-5-4-7-16(18)20(25)23-13-6-8-17(23)19(24)21-12-14-22(2)15-10-11-15/h4-5,7,9,15,17H,3,6,8,10-14H2,1-2H3,(H,21,24). The van der Waals surface area contributed by atoms with Crippen LogP contribution in [0.3, 0.4) is 0 Å². The van der Waals surface area contributed by atoms with Gasteiger partial charge in [0.1, 0.15) is 11.8 Å². The maximum atomic E-state index is 13.0. The summed E-state index contributed by atoms with van der Waals surface area (Å²) in [5.74, 6) is 0.410. The van der Waals surface area contributed by atoms with Gasteiger partial charge in [0.2, 0.25) is 5.91 Å². The smallest absolute Gasteiger partial charge is 0.258 e. The number of likely N-dealkylation sites (tertiary alicyclic amines) is 1. The first-order chi connectivity index (χ1) is 12.6. The topological polar surface area (TPSA) is 61.9 Å². The molecule has 0 radical (unpaired) electrons. The molecule has 2 aliphatic rings. The van der Waals surface area contributed by atoms with Crippen molar-refractivity contribution in [1.82, 2.24) is 15.1 Å². The third-order valence-electron chi connectivity index (χ3n) is 5.17. The molecule has 1 heterocycles. The Kier molecular flexibility index (Phi) is 6.14. The maximum absolute atomic E-state index is 13.0. The molecule has 142 valence electrons. The number of hydrogen-bond donors (Lipinski definition) is 1. The van der Waals surface area contributed by atoms with Crippen molar-refractivity contribution in [3.05, 3.63) is 29.8 Å². The second-order valence-electron chi connectivity index (χ2n) is 7.09. The fourth-order valence-corrected chi connectivity index (χ4v) is 3.53. The number of ether oxygens (including phenoxy) is 1. The molecule has 0 aromatic heterocycles. The summed E-state index contributed by atoms with van der Waals surface area (Å²) in [5, 5.41) is 3.01. The summed E-state index contributed by atoms with van der Waals surface area (Å²) in [6.45, 7) is 4.48. The Balaban J connectivity index is 1.60. The van der Waals surface area contributed by atoms with Crippen LogP contribution in [0.2, 0.25) is 0 Å². The average molecular weight is 359 g/mol. The van der Waals surface area contributed by atoms with Crippen LogP contribution in [0.25, 0.3) is 0 Å². The van der Waals surface area contributed by atoms with Crippen molar-refractivity contribution in [2.75, 3.05) is 33.3 Å². The van der Waals surface area contributed by atoms with Gasteiger partial charge in [-0.2, -0.15) is 0 Å². The summed E-state index contributed by atoms with van der Waals surface area (Å²) in [4.78, 5) is 29.6. The van der Waals surface area contributed by atoms with E-state index in [1.165, 1.54) is 12.8 Å². The lowest BCUT2D eigenvalue weighted by Crippen LogP contribution is -2.47. The minimum Gasteiger partial charge on any atom is -0.493 e. The number of carbonyl (C=O) groups excluding carboxylic acids is 2. The third kappa shape index (κ3) is 4.36. The highest BCUT2D eigenvalue weighted by atomic mass is 16.5. The summed E-state index contributed by atoms with van der Waals surface area (Å²) in [6, 6.07) is 7.55. The Hall–Kier alpha value is -2.08. The number of para-hydroxylation sites is 1. The van der Waals surface area contributed by atoms with E-state index in [2.05, 4.69) is 17.3 Å². The van der Waals surface area contributed by atoms with Crippen molar-refractivity contribution >= 4 is 11.8 Å². The van der Waals surface area contributed by atoms with Gasteiger partial charge in [-0.05, 0) is 51.8 Å². The van der Waals surface area contributed by atoms with Crippen LogP contribution < -0.4 is 10.1 Å². The van der Waals surface area contributed by atoms with Crippen molar-refractivity contribution < 1.29 is 14.3 Å². The lowest BCUT2D eigenvalue weighted by molar-refractivity contribution is -0.124. The zero-order chi connectivity index (χ0) is 18.5. The minimum atomic E-state index is -0.386. The zero-order valence-electron chi connectivity index (χ0n) is 15.7. The highest BCUT2D eigenvalue weighted by Gasteiger charge is 2.35. The molecule has 1 saturated carbocycles. The highest BCUT2D eigenvalue weighted by Crippen LogP contribution is 2.26. The molecular formula is C20H29N3O3. The van der Waals surface area contributed by atoms with Gasteiger partial charge in [0.15, 0.2) is 0 Å². The van der Waals surface area contributed by atoms with Crippen molar-refractivity contribution in [3.63, 3.8) is 0 Å². The molecule has 0 spiro atoms. The van der Waals surface area contributed by atoms with E-state index < -0.39 is 0 Å². The molecule has 1 saturated heterocycles. The van der Waals surface area contributed by atoms with Crippen LogP contribution in [-0.4, -0.2) is 67.0 Å². The molecule has 0 bridgehead atoms. The first-order valence-electron chi connectivity index (χ1n) is 9.62. The fourth-order valence-electron chi connectivity index (χ4n) is 3.53. The summed E-state index contributed by atoms with van der Waals surface area (Å²) < 4.78 is 5.58. The fraction of sp³-hybridized carbons (Fsp3) is 0.600.